The summed E-state index contributed by atoms with van der Waals surface area (Å²) in [5.41, 5.74) is 4.96. The zero-order valence-electron chi connectivity index (χ0n) is 10.4. The minimum absolute atomic E-state index is 0.0837. The van der Waals surface area contributed by atoms with Crippen molar-refractivity contribution in [3.8, 4) is 0 Å². The summed E-state index contributed by atoms with van der Waals surface area (Å²) in [6.45, 7) is 1.55. The quantitative estimate of drug-likeness (QED) is 0.905. The van der Waals surface area contributed by atoms with Crippen molar-refractivity contribution < 1.29 is 17.6 Å². The Morgan fingerprint density at radius 1 is 1.35 bits per heavy atom. The first-order chi connectivity index (χ1) is 9.31. The standard InChI is InChI=1S/C12H11FN2O3S2/c1-7-11(6-10(19-7)12(14)16)20(17,18)15-9-5-3-2-4-8(9)13/h2-6,15H,1H3,(H2,14,16). The van der Waals surface area contributed by atoms with Gasteiger partial charge in [-0.2, -0.15) is 0 Å². The van der Waals surface area contributed by atoms with Crippen LogP contribution in [0.4, 0.5) is 10.1 Å². The summed E-state index contributed by atoms with van der Waals surface area (Å²) in [4.78, 5) is 11.5. The van der Waals surface area contributed by atoms with Crippen molar-refractivity contribution in [2.75, 3.05) is 4.72 Å². The number of carbonyl (C=O) groups is 1. The third kappa shape index (κ3) is 2.81. The van der Waals surface area contributed by atoms with Gasteiger partial charge in [-0.1, -0.05) is 12.1 Å². The molecule has 0 spiro atoms. The molecule has 5 nitrogen and oxygen atoms in total. The summed E-state index contributed by atoms with van der Waals surface area (Å²) in [6, 6.07) is 6.60. The molecule has 0 aliphatic carbocycles. The molecule has 0 saturated carbocycles. The number of rotatable bonds is 4. The lowest BCUT2D eigenvalue weighted by Crippen LogP contribution is -2.14. The summed E-state index contributed by atoms with van der Waals surface area (Å²) < 4.78 is 40.0. The number of sulfonamides is 1. The number of primary amides is 1. The Labute approximate surface area is 119 Å². The third-order valence-corrected chi connectivity index (χ3v) is 5.21. The van der Waals surface area contributed by atoms with Gasteiger partial charge in [-0.05, 0) is 25.1 Å². The van der Waals surface area contributed by atoms with Gasteiger partial charge in [0.1, 0.15) is 10.7 Å². The van der Waals surface area contributed by atoms with Crippen LogP contribution in [0.2, 0.25) is 0 Å². The lowest BCUT2D eigenvalue weighted by Gasteiger charge is -2.08. The maximum absolute atomic E-state index is 13.5. The molecule has 0 saturated heterocycles. The molecule has 20 heavy (non-hydrogen) atoms. The van der Waals surface area contributed by atoms with Crippen molar-refractivity contribution in [1.29, 1.82) is 0 Å². The Balaban J connectivity index is 2.41. The molecule has 3 N–H and O–H groups in total. The summed E-state index contributed by atoms with van der Waals surface area (Å²) in [5.74, 6) is -1.38. The average Bonchev–Trinajstić information content (AvgIpc) is 2.75. The highest BCUT2D eigenvalue weighted by molar-refractivity contribution is 7.93. The van der Waals surface area contributed by atoms with E-state index in [1.54, 1.807) is 6.92 Å². The molecule has 1 amide bonds. The minimum Gasteiger partial charge on any atom is -0.365 e. The molecule has 2 aromatic rings. The first kappa shape index (κ1) is 14.5. The van der Waals surface area contributed by atoms with Crippen LogP contribution in [0.3, 0.4) is 0 Å². The third-order valence-electron chi connectivity index (χ3n) is 2.52. The van der Waals surface area contributed by atoms with Crippen LogP contribution in [0.15, 0.2) is 35.2 Å². The van der Waals surface area contributed by atoms with Gasteiger partial charge in [0.05, 0.1) is 10.6 Å². The van der Waals surface area contributed by atoms with Crippen LogP contribution in [-0.4, -0.2) is 14.3 Å². The first-order valence-electron chi connectivity index (χ1n) is 5.49. The van der Waals surface area contributed by atoms with Gasteiger partial charge >= 0.3 is 0 Å². The zero-order valence-corrected chi connectivity index (χ0v) is 12.0. The zero-order chi connectivity index (χ0) is 14.9. The van der Waals surface area contributed by atoms with E-state index in [4.69, 9.17) is 5.73 Å². The monoisotopic (exact) mass is 314 g/mol. The number of nitrogens with one attached hydrogen (secondary N) is 1. The van der Waals surface area contributed by atoms with Crippen molar-refractivity contribution in [1.82, 2.24) is 0 Å². The average molecular weight is 314 g/mol. The lowest BCUT2D eigenvalue weighted by molar-refractivity contribution is 0.100. The van der Waals surface area contributed by atoms with Gasteiger partial charge in [0, 0.05) is 4.88 Å². The molecule has 0 unspecified atom stereocenters. The number of carbonyl (C=O) groups excluding carboxylic acids is 1. The number of halogens is 1. The number of anilines is 1. The molecule has 0 aliphatic heterocycles. The predicted octanol–water partition coefficient (Wildman–Crippen LogP) is 2.10. The fourth-order valence-electron chi connectivity index (χ4n) is 1.60. The topological polar surface area (TPSA) is 89.3 Å². The molecule has 0 bridgehead atoms. The molecule has 8 heteroatoms. The predicted molar refractivity (Wildman–Crippen MR) is 74.8 cm³/mol. The molecule has 0 fully saturated rings. The van der Waals surface area contributed by atoms with Crippen LogP contribution in [0, 0.1) is 12.7 Å². The Bertz CT molecular complexity index is 769. The molecule has 2 rings (SSSR count). The number of hydrogen-bond acceptors (Lipinski definition) is 4. The van der Waals surface area contributed by atoms with Gasteiger partial charge in [0.25, 0.3) is 15.9 Å². The van der Waals surface area contributed by atoms with E-state index >= 15 is 0 Å². The molecule has 1 aromatic carbocycles. The van der Waals surface area contributed by atoms with Crippen LogP contribution < -0.4 is 10.5 Å². The van der Waals surface area contributed by atoms with E-state index in [0.717, 1.165) is 17.4 Å². The van der Waals surface area contributed by atoms with Crippen molar-refractivity contribution in [2.24, 2.45) is 5.73 Å². The van der Waals surface area contributed by atoms with E-state index in [1.165, 1.54) is 24.3 Å². The van der Waals surface area contributed by atoms with Crippen LogP contribution >= 0.6 is 11.3 Å². The molecule has 1 aromatic heterocycles. The fourth-order valence-corrected chi connectivity index (χ4v) is 4.11. The maximum Gasteiger partial charge on any atom is 0.263 e. The second-order valence-corrected chi connectivity index (χ2v) is 6.89. The highest BCUT2D eigenvalue weighted by Gasteiger charge is 2.22. The van der Waals surface area contributed by atoms with E-state index in [9.17, 15) is 17.6 Å². The summed E-state index contributed by atoms with van der Waals surface area (Å²) in [6.07, 6.45) is 0. The smallest absolute Gasteiger partial charge is 0.263 e. The fraction of sp³-hybridized carbons (Fsp3) is 0.0833. The van der Waals surface area contributed by atoms with Crippen LogP contribution in [-0.2, 0) is 10.0 Å². The van der Waals surface area contributed by atoms with E-state index in [0.29, 0.717) is 4.88 Å². The van der Waals surface area contributed by atoms with Crippen molar-refractivity contribution >= 4 is 33.0 Å². The number of nitrogens with two attached hydrogens (primary N) is 1. The van der Waals surface area contributed by atoms with Crippen LogP contribution in [0.25, 0.3) is 0 Å². The second kappa shape index (κ2) is 5.22. The van der Waals surface area contributed by atoms with Crippen molar-refractivity contribution in [3.05, 3.63) is 45.9 Å². The number of hydrogen-bond donors (Lipinski definition) is 2. The molecule has 106 valence electrons. The Kier molecular flexibility index (Phi) is 3.78. The van der Waals surface area contributed by atoms with Gasteiger partial charge < -0.3 is 5.73 Å². The van der Waals surface area contributed by atoms with E-state index < -0.39 is 21.7 Å². The Morgan fingerprint density at radius 2 is 2.00 bits per heavy atom. The first-order valence-corrected chi connectivity index (χ1v) is 7.79. The molecule has 0 atom stereocenters. The van der Waals surface area contributed by atoms with Gasteiger partial charge in [0.15, 0.2) is 0 Å². The number of thiophene rings is 1. The van der Waals surface area contributed by atoms with E-state index in [-0.39, 0.29) is 15.5 Å². The largest absolute Gasteiger partial charge is 0.365 e. The number of aryl methyl sites for hydroxylation is 1. The van der Waals surface area contributed by atoms with Crippen LogP contribution in [0.5, 0.6) is 0 Å². The number of para-hydroxylation sites is 1. The summed E-state index contributed by atoms with van der Waals surface area (Å²) >= 11 is 0.977. The Hall–Kier alpha value is -1.93. The van der Waals surface area contributed by atoms with Crippen molar-refractivity contribution in [2.45, 2.75) is 11.8 Å². The van der Waals surface area contributed by atoms with Gasteiger partial charge in [-0.25, -0.2) is 12.8 Å². The minimum atomic E-state index is -3.97. The number of benzene rings is 1. The SMILES string of the molecule is Cc1sc(C(N)=O)cc1S(=O)(=O)Nc1ccccc1F. The lowest BCUT2D eigenvalue weighted by atomic mass is 10.3. The second-order valence-electron chi connectivity index (χ2n) is 3.98. The Morgan fingerprint density at radius 3 is 2.55 bits per heavy atom. The van der Waals surface area contributed by atoms with Crippen LogP contribution in [0.1, 0.15) is 14.5 Å². The van der Waals surface area contributed by atoms with E-state index in [2.05, 4.69) is 4.72 Å². The van der Waals surface area contributed by atoms with Gasteiger partial charge in [-0.15, -0.1) is 11.3 Å². The molecule has 1 heterocycles. The maximum atomic E-state index is 13.5. The van der Waals surface area contributed by atoms with Crippen molar-refractivity contribution in [3.63, 3.8) is 0 Å². The highest BCUT2D eigenvalue weighted by atomic mass is 32.2. The number of amides is 1. The molecule has 0 radical (unpaired) electrons. The molecular weight excluding hydrogens is 303 g/mol. The summed E-state index contributed by atoms with van der Waals surface area (Å²) in [5, 5.41) is 0. The molecule has 0 aliphatic rings. The van der Waals surface area contributed by atoms with Gasteiger partial charge in [0.2, 0.25) is 0 Å². The summed E-state index contributed by atoms with van der Waals surface area (Å²) in [7, 11) is -3.97. The highest BCUT2D eigenvalue weighted by Crippen LogP contribution is 2.27. The van der Waals surface area contributed by atoms with Gasteiger partial charge in [-0.3, -0.25) is 9.52 Å². The molecular formula is C12H11FN2O3S2. The van der Waals surface area contributed by atoms with E-state index in [1.807, 2.05) is 0 Å². The normalized spacial score (nSPS) is 11.3.